The molecule has 0 saturated heterocycles. The quantitative estimate of drug-likeness (QED) is 0.167. The van der Waals surface area contributed by atoms with E-state index in [9.17, 15) is 15.3 Å². The number of carbonyl (C=O) groups is 1. The summed E-state index contributed by atoms with van der Waals surface area (Å²) in [5, 5.41) is 29.3. The summed E-state index contributed by atoms with van der Waals surface area (Å²) in [6.45, 7) is 1.51. The van der Waals surface area contributed by atoms with Crippen LogP contribution in [0.2, 0.25) is 0 Å². The van der Waals surface area contributed by atoms with Crippen molar-refractivity contribution in [3.8, 4) is 45.9 Å². The van der Waals surface area contributed by atoms with E-state index < -0.39 is 0 Å². The Morgan fingerprint density at radius 1 is 0.690 bits per heavy atom. The number of ether oxygens (including phenoxy) is 2. The highest BCUT2D eigenvalue weighted by Gasteiger charge is 2.32. The molecule has 0 bridgehead atoms. The second-order valence-corrected chi connectivity index (χ2v) is 11.2. The van der Waals surface area contributed by atoms with Crippen LogP contribution in [0.25, 0.3) is 22.3 Å². The number of nitrogens with zero attached hydrogens (tertiary/aromatic N) is 2. The number of hydrogen-bond donors (Lipinski definition) is 1. The number of unbranched alkanes of at least 4 members (excludes halogenated alkanes) is 6. The number of aliphatic hydroxyl groups is 1. The fourth-order valence-corrected chi connectivity index (χ4v) is 6.39. The van der Waals surface area contributed by atoms with Gasteiger partial charge in [0.15, 0.2) is 0 Å². The van der Waals surface area contributed by atoms with Gasteiger partial charge in [-0.25, -0.2) is 0 Å². The molecule has 3 aromatic carbocycles. The second kappa shape index (κ2) is 14.2. The van der Waals surface area contributed by atoms with Gasteiger partial charge in [0.2, 0.25) is 0 Å². The largest absolute Gasteiger partial charge is 0.494 e. The average molecular weight is 563 g/mol. The molecule has 0 heterocycles. The van der Waals surface area contributed by atoms with Gasteiger partial charge in [-0.15, -0.1) is 0 Å². The molecule has 6 nitrogen and oxygen atoms in total. The molecule has 1 N–H and O–H groups in total. The minimum atomic E-state index is 0.240. The van der Waals surface area contributed by atoms with E-state index >= 15 is 0 Å². The Morgan fingerprint density at radius 3 is 1.67 bits per heavy atom. The van der Waals surface area contributed by atoms with Gasteiger partial charge in [-0.2, -0.15) is 10.5 Å². The van der Waals surface area contributed by atoms with Gasteiger partial charge in [0, 0.05) is 13.0 Å². The van der Waals surface area contributed by atoms with Crippen LogP contribution in [0.3, 0.4) is 0 Å². The molecule has 42 heavy (non-hydrogen) atoms. The summed E-state index contributed by atoms with van der Waals surface area (Å²) in [6.07, 6.45) is 11.2. The van der Waals surface area contributed by atoms with E-state index in [4.69, 9.17) is 14.6 Å². The van der Waals surface area contributed by atoms with Gasteiger partial charge in [-0.1, -0.05) is 18.6 Å². The Kier molecular flexibility index (Phi) is 9.90. The summed E-state index contributed by atoms with van der Waals surface area (Å²) < 4.78 is 12.1. The molecule has 0 amide bonds. The number of aliphatic hydroxyl groups excluding tert-OH is 1. The molecule has 3 aromatic rings. The van der Waals surface area contributed by atoms with Crippen molar-refractivity contribution in [3.05, 3.63) is 69.8 Å². The van der Waals surface area contributed by atoms with Gasteiger partial charge in [0.25, 0.3) is 0 Å². The SMILES string of the molecule is N#Cc1c(C#N)c2c(c3c1CCc1cc(OCCCCCC=O)ccc1-3)-c1ccc(OCCCCCCO)cc1CC2. The number of nitriles is 2. The molecule has 2 aliphatic carbocycles. The monoisotopic (exact) mass is 562 g/mol. The average Bonchev–Trinajstić information content (AvgIpc) is 3.02. The molecule has 0 spiro atoms. The van der Waals surface area contributed by atoms with Crippen molar-refractivity contribution in [2.75, 3.05) is 19.8 Å². The lowest BCUT2D eigenvalue weighted by Gasteiger charge is -2.31. The summed E-state index contributed by atoms with van der Waals surface area (Å²) in [7, 11) is 0. The Bertz CT molecular complexity index is 1530. The molecule has 0 aromatic heterocycles. The van der Waals surface area contributed by atoms with Crippen LogP contribution < -0.4 is 9.47 Å². The zero-order valence-electron chi connectivity index (χ0n) is 24.2. The summed E-state index contributed by atoms with van der Waals surface area (Å²) in [4.78, 5) is 10.5. The van der Waals surface area contributed by atoms with Gasteiger partial charge in [-0.3, -0.25) is 0 Å². The van der Waals surface area contributed by atoms with E-state index in [1.165, 1.54) is 11.1 Å². The van der Waals surface area contributed by atoms with Gasteiger partial charge >= 0.3 is 0 Å². The predicted molar refractivity (Wildman–Crippen MR) is 163 cm³/mol. The third-order valence-electron chi connectivity index (χ3n) is 8.47. The van der Waals surface area contributed by atoms with Crippen LogP contribution in [0.15, 0.2) is 36.4 Å². The molecule has 0 aliphatic heterocycles. The first kappa shape index (κ1) is 29.4. The first-order valence-electron chi connectivity index (χ1n) is 15.3. The normalized spacial score (nSPS) is 12.6. The smallest absolute Gasteiger partial charge is 0.119 e. The fourth-order valence-electron chi connectivity index (χ4n) is 6.39. The molecule has 0 atom stereocenters. The van der Waals surface area contributed by atoms with Gasteiger partial charge in [0.1, 0.15) is 29.9 Å². The number of aryl methyl sites for hydroxylation is 2. The zero-order chi connectivity index (χ0) is 29.3. The number of benzene rings is 3. The number of aldehydes is 1. The number of carbonyl (C=O) groups excluding carboxylic acids is 1. The maximum atomic E-state index is 10.5. The number of fused-ring (bicyclic) bond motifs is 7. The van der Waals surface area contributed by atoms with Crippen LogP contribution >= 0.6 is 0 Å². The third-order valence-corrected chi connectivity index (χ3v) is 8.47. The van der Waals surface area contributed by atoms with Gasteiger partial charge < -0.3 is 19.4 Å². The lowest BCUT2D eigenvalue weighted by Crippen LogP contribution is -2.16. The van der Waals surface area contributed by atoms with Crippen molar-refractivity contribution in [1.29, 1.82) is 10.5 Å². The molecule has 0 fully saturated rings. The highest BCUT2D eigenvalue weighted by atomic mass is 16.5. The van der Waals surface area contributed by atoms with Gasteiger partial charge in [-0.05, 0) is 133 Å². The number of hydrogen-bond acceptors (Lipinski definition) is 6. The topological polar surface area (TPSA) is 103 Å². The van der Waals surface area contributed by atoms with Crippen LogP contribution in [0.5, 0.6) is 11.5 Å². The van der Waals surface area contributed by atoms with Crippen LogP contribution in [0, 0.1) is 22.7 Å². The summed E-state index contributed by atoms with van der Waals surface area (Å²) in [6, 6.07) is 17.3. The number of rotatable bonds is 14. The lowest BCUT2D eigenvalue weighted by atomic mass is 9.72. The van der Waals surface area contributed by atoms with Crippen molar-refractivity contribution in [2.45, 2.75) is 77.0 Å². The summed E-state index contributed by atoms with van der Waals surface area (Å²) >= 11 is 0. The molecular formula is C36H38N2O4. The lowest BCUT2D eigenvalue weighted by molar-refractivity contribution is -0.107. The van der Waals surface area contributed by atoms with Crippen molar-refractivity contribution in [2.24, 2.45) is 0 Å². The van der Waals surface area contributed by atoms with Crippen molar-refractivity contribution in [3.63, 3.8) is 0 Å². The Hall–Kier alpha value is -4.13. The van der Waals surface area contributed by atoms with Crippen LogP contribution in [-0.4, -0.2) is 31.2 Å². The van der Waals surface area contributed by atoms with Crippen molar-refractivity contribution >= 4 is 6.29 Å². The first-order chi connectivity index (χ1) is 20.7. The highest BCUT2D eigenvalue weighted by Crippen LogP contribution is 2.49. The third kappa shape index (κ3) is 6.20. The van der Waals surface area contributed by atoms with Crippen molar-refractivity contribution < 1.29 is 19.4 Å². The molecule has 0 unspecified atom stereocenters. The minimum absolute atomic E-state index is 0.240. The van der Waals surface area contributed by atoms with E-state index in [1.807, 2.05) is 12.1 Å². The molecule has 2 aliphatic rings. The van der Waals surface area contributed by atoms with E-state index in [1.54, 1.807) is 0 Å². The van der Waals surface area contributed by atoms with E-state index in [0.717, 1.165) is 109 Å². The summed E-state index contributed by atoms with van der Waals surface area (Å²) in [5.74, 6) is 1.70. The zero-order valence-corrected chi connectivity index (χ0v) is 24.2. The minimum Gasteiger partial charge on any atom is -0.494 e. The van der Waals surface area contributed by atoms with Crippen LogP contribution in [0.4, 0.5) is 0 Å². The maximum Gasteiger partial charge on any atom is 0.119 e. The molecule has 5 rings (SSSR count). The Morgan fingerprint density at radius 2 is 1.19 bits per heavy atom. The van der Waals surface area contributed by atoms with E-state index in [-0.39, 0.29) is 6.61 Å². The highest BCUT2D eigenvalue weighted by molar-refractivity contribution is 5.95. The van der Waals surface area contributed by atoms with Crippen LogP contribution in [-0.2, 0) is 30.5 Å². The molecule has 216 valence electrons. The Balaban J connectivity index is 1.46. The van der Waals surface area contributed by atoms with E-state index in [0.29, 0.717) is 43.6 Å². The fraction of sp³-hybridized carbons (Fsp3) is 0.417. The molecule has 6 heteroatoms. The Labute approximate surface area is 248 Å². The van der Waals surface area contributed by atoms with Crippen molar-refractivity contribution in [1.82, 2.24) is 0 Å². The second-order valence-electron chi connectivity index (χ2n) is 11.2. The van der Waals surface area contributed by atoms with Gasteiger partial charge in [0.05, 0.1) is 24.3 Å². The molecular weight excluding hydrogens is 524 g/mol. The van der Waals surface area contributed by atoms with Crippen LogP contribution in [0.1, 0.15) is 84.7 Å². The molecule has 0 radical (unpaired) electrons. The first-order valence-corrected chi connectivity index (χ1v) is 15.3. The van der Waals surface area contributed by atoms with E-state index in [2.05, 4.69) is 36.4 Å². The molecule has 0 saturated carbocycles. The predicted octanol–water partition coefficient (Wildman–Crippen LogP) is 7.03. The standard InChI is InChI=1S/C36H38N2O4/c37-23-33-31-13-9-25-21-27(41-19-7-3-1-5-17-39)11-15-29(25)35(31)36-30-16-12-28(42-20-8-4-2-6-18-40)22-26(30)10-14-32(36)34(33)24-38/h11-12,15-17,21-22,40H,1-10,13-14,18-20H2. The maximum absolute atomic E-state index is 10.5. The summed E-state index contributed by atoms with van der Waals surface area (Å²) in [5.41, 5.74) is 9.80.